The molecule has 8 rings (SSSR count). The molecule has 0 radical (unpaired) electrons. The van der Waals surface area contributed by atoms with Gasteiger partial charge in [-0.2, -0.15) is 0 Å². The van der Waals surface area contributed by atoms with Crippen LogP contribution in [-0.4, -0.2) is 78.6 Å². The lowest BCUT2D eigenvalue weighted by atomic mass is 9.90. The van der Waals surface area contributed by atoms with E-state index in [1.54, 1.807) is 30.4 Å². The van der Waals surface area contributed by atoms with E-state index < -0.39 is 50.6 Å². The van der Waals surface area contributed by atoms with Crippen molar-refractivity contribution in [2.75, 3.05) is 20.7 Å². The summed E-state index contributed by atoms with van der Waals surface area (Å²) in [5.74, 6) is -1.36. The number of aromatic nitrogens is 2. The fraction of sp³-hybridized carbons (Fsp3) is 0.585. The highest BCUT2D eigenvalue weighted by molar-refractivity contribution is 7.91. The number of allylic oxidation sites excluding steroid dienone is 1. The molecule has 2 aromatic heterocycles. The summed E-state index contributed by atoms with van der Waals surface area (Å²) < 4.78 is 40.4. The van der Waals surface area contributed by atoms with Gasteiger partial charge in [0.15, 0.2) is 0 Å². The molecule has 294 valence electrons. The zero-order valence-corrected chi connectivity index (χ0v) is 33.5. The maximum absolute atomic E-state index is 14.4. The van der Waals surface area contributed by atoms with Gasteiger partial charge in [0.2, 0.25) is 21.8 Å². The van der Waals surface area contributed by atoms with Gasteiger partial charge in [0.1, 0.15) is 23.1 Å². The highest BCUT2D eigenvalue weighted by Crippen LogP contribution is 2.47. The van der Waals surface area contributed by atoms with Gasteiger partial charge in [0.05, 0.1) is 46.1 Å². The third-order valence-electron chi connectivity index (χ3n) is 12.4. The van der Waals surface area contributed by atoms with E-state index in [-0.39, 0.29) is 18.2 Å². The van der Waals surface area contributed by atoms with Gasteiger partial charge in [0, 0.05) is 47.8 Å². The number of nitrogens with one attached hydrogen (secondary N) is 2. The molecule has 3 heterocycles. The van der Waals surface area contributed by atoms with E-state index in [1.165, 1.54) is 19.3 Å². The van der Waals surface area contributed by atoms with Crippen LogP contribution in [0.1, 0.15) is 100.0 Å². The topological polar surface area (TPSA) is 157 Å². The summed E-state index contributed by atoms with van der Waals surface area (Å²) in [6, 6.07) is 5.74. The Morgan fingerprint density at radius 2 is 1.78 bits per heavy atom. The van der Waals surface area contributed by atoms with Crippen molar-refractivity contribution in [2.45, 2.75) is 113 Å². The average Bonchev–Trinajstić information content (AvgIpc) is 4.06. The van der Waals surface area contributed by atoms with Gasteiger partial charge >= 0.3 is 0 Å². The number of carbonyl (C=O) groups is 3. The first-order valence-electron chi connectivity index (χ1n) is 19.9. The number of sulfonamides is 1. The molecule has 4 fully saturated rings. The van der Waals surface area contributed by atoms with Crippen molar-refractivity contribution in [2.24, 2.45) is 17.8 Å². The summed E-state index contributed by atoms with van der Waals surface area (Å²) in [6.45, 7) is 2.53. The minimum absolute atomic E-state index is 0.139. The SMILES string of the molecule is COc1ccc2c(OC3CC4C(=O)NC5(C(=O)NS(=O)(=O)C6CC6)C[C@@H]5C=CCCCCN(C)C(=O)C4C3)cc(-c3csc(C4CCCCC4)n3)nc2c1C. The maximum atomic E-state index is 14.4. The summed E-state index contributed by atoms with van der Waals surface area (Å²) >= 11 is 1.68. The second kappa shape index (κ2) is 15.1. The van der Waals surface area contributed by atoms with Crippen LogP contribution >= 0.6 is 11.3 Å². The molecule has 0 saturated heterocycles. The van der Waals surface area contributed by atoms with Crippen molar-refractivity contribution in [1.29, 1.82) is 0 Å². The molecule has 5 aliphatic rings. The molecule has 1 aromatic carbocycles. The minimum Gasteiger partial charge on any atom is -0.496 e. The molecular weight excluding hydrogens is 739 g/mol. The summed E-state index contributed by atoms with van der Waals surface area (Å²) in [7, 11) is -0.422. The number of benzene rings is 1. The van der Waals surface area contributed by atoms with E-state index in [0.29, 0.717) is 55.3 Å². The van der Waals surface area contributed by atoms with Gasteiger partial charge in [-0.25, -0.2) is 18.4 Å². The second-order valence-electron chi connectivity index (χ2n) is 16.3. The van der Waals surface area contributed by atoms with E-state index in [1.807, 2.05) is 37.3 Å². The van der Waals surface area contributed by atoms with Gasteiger partial charge in [-0.05, 0) is 83.3 Å². The number of fused-ring (bicyclic) bond motifs is 3. The van der Waals surface area contributed by atoms with E-state index in [9.17, 15) is 22.8 Å². The number of amides is 3. The normalized spacial score (nSPS) is 27.9. The first-order chi connectivity index (χ1) is 26.5. The Balaban J connectivity index is 1.10. The van der Waals surface area contributed by atoms with Gasteiger partial charge < -0.3 is 19.7 Å². The smallest absolute Gasteiger partial charge is 0.259 e. The molecule has 5 atom stereocenters. The van der Waals surface area contributed by atoms with Crippen molar-refractivity contribution in [3.63, 3.8) is 0 Å². The van der Waals surface area contributed by atoms with Crippen LogP contribution in [0.15, 0.2) is 35.7 Å². The number of rotatable bonds is 8. The molecule has 0 bridgehead atoms. The number of methoxy groups -OCH3 is 1. The van der Waals surface area contributed by atoms with Gasteiger partial charge in [-0.1, -0.05) is 31.4 Å². The van der Waals surface area contributed by atoms with Crippen molar-refractivity contribution in [1.82, 2.24) is 24.9 Å². The van der Waals surface area contributed by atoms with Crippen molar-refractivity contribution in [3.05, 3.63) is 46.3 Å². The van der Waals surface area contributed by atoms with Crippen molar-refractivity contribution in [3.8, 4) is 22.9 Å². The zero-order chi connectivity index (χ0) is 38.5. The van der Waals surface area contributed by atoms with Crippen LogP contribution in [0.3, 0.4) is 0 Å². The number of ether oxygens (including phenoxy) is 2. The number of carbonyl (C=O) groups excluding carboxylic acids is 3. The molecule has 3 aromatic rings. The summed E-state index contributed by atoms with van der Waals surface area (Å²) in [6.07, 6.45) is 13.7. The molecule has 3 amide bonds. The largest absolute Gasteiger partial charge is 0.496 e. The third kappa shape index (κ3) is 7.60. The quantitative estimate of drug-likeness (QED) is 0.255. The van der Waals surface area contributed by atoms with Crippen LogP contribution in [0.4, 0.5) is 0 Å². The number of aryl methyl sites for hydroxylation is 1. The van der Waals surface area contributed by atoms with E-state index >= 15 is 0 Å². The summed E-state index contributed by atoms with van der Waals surface area (Å²) in [5, 5.41) is 6.39. The summed E-state index contributed by atoms with van der Waals surface area (Å²) in [4.78, 5) is 54.0. The van der Waals surface area contributed by atoms with Gasteiger partial charge in [-0.15, -0.1) is 11.3 Å². The van der Waals surface area contributed by atoms with Crippen LogP contribution < -0.4 is 19.5 Å². The molecule has 12 nitrogen and oxygen atoms in total. The van der Waals surface area contributed by atoms with Gasteiger partial charge in [0.25, 0.3) is 5.91 Å². The molecule has 4 saturated carbocycles. The Kier molecular flexibility index (Phi) is 10.4. The Hall–Kier alpha value is -4.04. The van der Waals surface area contributed by atoms with Crippen LogP contribution in [0, 0.1) is 24.7 Å². The lowest BCUT2D eigenvalue weighted by molar-refractivity contribution is -0.140. The Morgan fingerprint density at radius 3 is 2.55 bits per heavy atom. The lowest BCUT2D eigenvalue weighted by Gasteiger charge is -2.26. The molecule has 55 heavy (non-hydrogen) atoms. The second-order valence-corrected chi connectivity index (χ2v) is 19.1. The number of thiazole rings is 1. The monoisotopic (exact) mass is 789 g/mol. The number of pyridine rings is 1. The first-order valence-corrected chi connectivity index (χ1v) is 22.3. The fourth-order valence-corrected chi connectivity index (χ4v) is 11.2. The fourth-order valence-electron chi connectivity index (χ4n) is 8.84. The Labute approximate surface area is 326 Å². The minimum atomic E-state index is -3.83. The van der Waals surface area contributed by atoms with Crippen molar-refractivity contribution < 1.29 is 32.3 Å². The average molecular weight is 790 g/mol. The van der Waals surface area contributed by atoms with E-state index in [2.05, 4.69) is 15.4 Å². The van der Waals surface area contributed by atoms with E-state index in [4.69, 9.17) is 19.4 Å². The zero-order valence-electron chi connectivity index (χ0n) is 31.8. The molecule has 4 aliphatic carbocycles. The molecule has 1 aliphatic heterocycles. The predicted molar refractivity (Wildman–Crippen MR) is 210 cm³/mol. The molecule has 2 N–H and O–H groups in total. The van der Waals surface area contributed by atoms with E-state index in [0.717, 1.165) is 59.3 Å². The molecule has 0 spiro atoms. The van der Waals surface area contributed by atoms with Crippen LogP contribution in [0.5, 0.6) is 11.5 Å². The highest BCUT2D eigenvalue weighted by atomic mass is 32.2. The third-order valence-corrected chi connectivity index (χ3v) is 15.2. The standard InChI is InChI=1S/C41H51N5O7S2/c1-24-34(52-3)17-16-29-35(21-32(42-36(24)29)33-23-54-38(43-33)25-11-7-6-8-12-25)53-27-19-30-31(20-27)39(48)46(2)18-10-5-4-9-13-26-22-41(26,44-37(30)47)40(49)45-55(50,51)28-14-15-28/h9,13,16-17,21,23,25-28,30-31H,4-8,10-12,14-15,18-20,22H2,1-3H3,(H,44,47)(H,45,49)/t26-,27?,30?,31?,41?/m0/s1. The Bertz CT molecular complexity index is 2130. The van der Waals surface area contributed by atoms with Crippen molar-refractivity contribution >= 4 is 50.0 Å². The molecule has 14 heteroatoms. The predicted octanol–water partition coefficient (Wildman–Crippen LogP) is 6.18. The van der Waals surface area contributed by atoms with Gasteiger partial charge in [-0.3, -0.25) is 19.1 Å². The van der Waals surface area contributed by atoms with Crippen LogP contribution in [0.25, 0.3) is 22.3 Å². The van der Waals surface area contributed by atoms with Crippen LogP contribution in [0.2, 0.25) is 0 Å². The highest BCUT2D eigenvalue weighted by Gasteiger charge is 2.62. The Morgan fingerprint density at radius 1 is 1.00 bits per heavy atom. The molecule has 4 unspecified atom stereocenters. The van der Waals surface area contributed by atoms with Crippen LogP contribution in [-0.2, 0) is 24.4 Å². The number of hydrogen-bond acceptors (Lipinski definition) is 10. The lowest BCUT2D eigenvalue weighted by Crippen LogP contribution is -2.54. The maximum Gasteiger partial charge on any atom is 0.259 e. The number of hydrogen-bond donors (Lipinski definition) is 2. The molecular formula is C41H51N5O7S2. The summed E-state index contributed by atoms with van der Waals surface area (Å²) in [5.41, 5.74) is 1.67. The number of nitrogens with zero attached hydrogens (tertiary/aromatic N) is 3. The first kappa shape index (κ1) is 37.9.